The van der Waals surface area contributed by atoms with E-state index in [-0.39, 0.29) is 24.0 Å². The molecule has 2 saturated heterocycles. The molecule has 2 heterocycles. The lowest BCUT2D eigenvalue weighted by Crippen LogP contribution is -2.55. The number of carbonyl (C=O) groups excluding carboxylic acids is 1. The van der Waals surface area contributed by atoms with Crippen LogP contribution in [-0.4, -0.2) is 56.1 Å². The van der Waals surface area contributed by atoms with Gasteiger partial charge in [0.1, 0.15) is 12.6 Å². The Morgan fingerprint density at radius 3 is 2.52 bits per heavy atom. The third kappa shape index (κ3) is 3.62. The minimum atomic E-state index is -0.859. The van der Waals surface area contributed by atoms with Crippen molar-refractivity contribution < 1.29 is 19.0 Å². The largest absolute Gasteiger partial charge is 0.369 e. The van der Waals surface area contributed by atoms with E-state index in [0.717, 1.165) is 6.42 Å². The number of rotatable bonds is 6. The predicted octanol–water partition coefficient (Wildman–Crippen LogP) is 2.60. The number of carbonyl (C=O) groups is 1. The van der Waals surface area contributed by atoms with E-state index >= 15 is 0 Å². The van der Waals surface area contributed by atoms with Crippen molar-refractivity contribution >= 4 is 5.91 Å². The molecule has 0 radical (unpaired) electrons. The first kappa shape index (κ1) is 18.4. The highest BCUT2D eigenvalue weighted by Crippen LogP contribution is 2.42. The van der Waals surface area contributed by atoms with E-state index in [1.165, 1.54) is 5.57 Å². The number of hydrogen-bond donors (Lipinski definition) is 0. The van der Waals surface area contributed by atoms with Gasteiger partial charge in [-0.1, -0.05) is 25.5 Å². The van der Waals surface area contributed by atoms with Crippen LogP contribution in [0, 0.1) is 11.8 Å². The minimum absolute atomic E-state index is 0.0622. The number of methoxy groups -OCH3 is 2. The zero-order valence-corrected chi connectivity index (χ0v) is 15.3. The van der Waals surface area contributed by atoms with E-state index in [9.17, 15) is 4.79 Å². The summed E-state index contributed by atoms with van der Waals surface area (Å²) >= 11 is 0. The van der Waals surface area contributed by atoms with Gasteiger partial charge in [0.25, 0.3) is 0 Å². The van der Waals surface area contributed by atoms with Crippen molar-refractivity contribution in [2.75, 3.05) is 27.4 Å². The van der Waals surface area contributed by atoms with Gasteiger partial charge in [0.15, 0.2) is 0 Å². The van der Waals surface area contributed by atoms with Gasteiger partial charge < -0.3 is 19.1 Å². The smallest absolute Gasteiger partial charge is 0.223 e. The van der Waals surface area contributed by atoms with Crippen LogP contribution in [0.25, 0.3) is 0 Å². The van der Waals surface area contributed by atoms with Gasteiger partial charge in [-0.2, -0.15) is 0 Å². The van der Waals surface area contributed by atoms with Gasteiger partial charge in [-0.05, 0) is 26.2 Å². The number of likely N-dealkylation sites (tertiary alicyclic amines) is 1. The van der Waals surface area contributed by atoms with Gasteiger partial charge >= 0.3 is 0 Å². The Balaban J connectivity index is 2.25. The maximum Gasteiger partial charge on any atom is 0.223 e. The van der Waals surface area contributed by atoms with Crippen molar-refractivity contribution in [1.82, 2.24) is 4.90 Å². The number of fused-ring (bicyclic) bond motifs is 1. The molecule has 0 N–H and O–H groups in total. The van der Waals surface area contributed by atoms with Gasteiger partial charge in [0.05, 0.1) is 6.10 Å². The lowest BCUT2D eigenvalue weighted by molar-refractivity contribution is -0.227. The molecule has 2 rings (SSSR count). The highest BCUT2D eigenvalue weighted by atomic mass is 16.7. The van der Waals surface area contributed by atoms with E-state index < -0.39 is 5.79 Å². The molecule has 2 fully saturated rings. The van der Waals surface area contributed by atoms with E-state index in [1.807, 2.05) is 4.90 Å². The Labute approximate surface area is 140 Å². The van der Waals surface area contributed by atoms with E-state index in [4.69, 9.17) is 14.2 Å². The second kappa shape index (κ2) is 7.32. The van der Waals surface area contributed by atoms with Crippen LogP contribution in [0.4, 0.5) is 0 Å². The predicted molar refractivity (Wildman–Crippen MR) is 89.0 cm³/mol. The topological polar surface area (TPSA) is 48.0 Å². The standard InChI is InChI=1S/C18H31NO4/c1-12(2)7-8-15(20)19-10-14(9-13(3)4)16-17(19)18(21-5,22-6)11-23-16/h9,12,14,16-17H,7-8,10-11H2,1-6H3/t14-,16-,17+/m1/s1. The van der Waals surface area contributed by atoms with Crippen molar-refractivity contribution in [2.24, 2.45) is 11.8 Å². The van der Waals surface area contributed by atoms with Crippen LogP contribution in [0.2, 0.25) is 0 Å². The summed E-state index contributed by atoms with van der Waals surface area (Å²) in [4.78, 5) is 14.7. The summed E-state index contributed by atoms with van der Waals surface area (Å²) in [5.74, 6) is 0.0189. The molecule has 0 saturated carbocycles. The fraction of sp³-hybridized carbons (Fsp3) is 0.833. The second-order valence-electron chi connectivity index (χ2n) is 7.33. The van der Waals surface area contributed by atoms with Crippen molar-refractivity contribution in [3.8, 4) is 0 Å². The van der Waals surface area contributed by atoms with Crippen LogP contribution < -0.4 is 0 Å². The third-order valence-corrected chi connectivity index (χ3v) is 4.90. The van der Waals surface area contributed by atoms with Crippen LogP contribution in [0.1, 0.15) is 40.5 Å². The molecule has 1 amide bonds. The average Bonchev–Trinajstić information content (AvgIpc) is 3.04. The number of ether oxygens (including phenoxy) is 3. The molecule has 0 aromatic rings. The fourth-order valence-electron chi connectivity index (χ4n) is 3.69. The van der Waals surface area contributed by atoms with Crippen molar-refractivity contribution in [3.63, 3.8) is 0 Å². The van der Waals surface area contributed by atoms with E-state index in [2.05, 4.69) is 33.8 Å². The van der Waals surface area contributed by atoms with Gasteiger partial charge in [-0.3, -0.25) is 4.79 Å². The zero-order valence-electron chi connectivity index (χ0n) is 15.3. The lowest BCUT2D eigenvalue weighted by Gasteiger charge is -2.36. The molecule has 2 aliphatic heterocycles. The van der Waals surface area contributed by atoms with Gasteiger partial charge in [0, 0.05) is 33.1 Å². The first-order valence-corrected chi connectivity index (χ1v) is 8.51. The summed E-state index contributed by atoms with van der Waals surface area (Å²) in [6, 6.07) is -0.183. The molecule has 2 aliphatic rings. The normalized spacial score (nSPS) is 29.0. The van der Waals surface area contributed by atoms with Crippen LogP contribution in [0.3, 0.4) is 0 Å². The number of allylic oxidation sites excluding steroid dienone is 1. The number of nitrogens with zero attached hydrogens (tertiary/aromatic N) is 1. The molecule has 0 unspecified atom stereocenters. The molecule has 0 aromatic heterocycles. The first-order valence-electron chi connectivity index (χ1n) is 8.51. The minimum Gasteiger partial charge on any atom is -0.369 e. The highest BCUT2D eigenvalue weighted by molar-refractivity contribution is 5.77. The Kier molecular flexibility index (Phi) is 5.87. The van der Waals surface area contributed by atoms with Gasteiger partial charge in [0.2, 0.25) is 11.7 Å². The summed E-state index contributed by atoms with van der Waals surface area (Å²) in [7, 11) is 3.25. The molecular formula is C18H31NO4. The van der Waals surface area contributed by atoms with Crippen LogP contribution >= 0.6 is 0 Å². The number of hydrogen-bond acceptors (Lipinski definition) is 4. The molecule has 3 atom stereocenters. The Hall–Kier alpha value is -0.910. The molecule has 0 aliphatic carbocycles. The molecule has 0 aromatic carbocycles. The first-order chi connectivity index (χ1) is 10.8. The quantitative estimate of drug-likeness (QED) is 0.556. The Morgan fingerprint density at radius 1 is 1.35 bits per heavy atom. The monoisotopic (exact) mass is 325 g/mol. The fourth-order valence-corrected chi connectivity index (χ4v) is 3.69. The van der Waals surface area contributed by atoms with Crippen molar-refractivity contribution in [3.05, 3.63) is 11.6 Å². The molecule has 0 bridgehead atoms. The van der Waals surface area contributed by atoms with Gasteiger partial charge in [-0.25, -0.2) is 0 Å². The zero-order chi connectivity index (χ0) is 17.2. The highest BCUT2D eigenvalue weighted by Gasteiger charge is 2.60. The van der Waals surface area contributed by atoms with Crippen LogP contribution in [0.5, 0.6) is 0 Å². The summed E-state index contributed by atoms with van der Waals surface area (Å²) in [5.41, 5.74) is 1.24. The van der Waals surface area contributed by atoms with Crippen molar-refractivity contribution in [2.45, 2.75) is 58.5 Å². The Bertz CT molecular complexity index is 452. The molecule has 23 heavy (non-hydrogen) atoms. The summed E-state index contributed by atoms with van der Waals surface area (Å²) in [6.07, 6.45) is 3.60. The summed E-state index contributed by atoms with van der Waals surface area (Å²) in [5, 5.41) is 0. The van der Waals surface area contributed by atoms with Crippen LogP contribution in [-0.2, 0) is 19.0 Å². The SMILES string of the molecule is COC1(OC)CO[C@@H]2[C@H](C=C(C)C)CN(C(=O)CCC(C)C)[C@@H]21. The van der Waals surface area contributed by atoms with Gasteiger partial charge in [-0.15, -0.1) is 0 Å². The van der Waals surface area contributed by atoms with Crippen molar-refractivity contribution in [1.29, 1.82) is 0 Å². The summed E-state index contributed by atoms with van der Waals surface area (Å²) < 4.78 is 17.3. The van der Waals surface area contributed by atoms with Crippen LogP contribution in [0.15, 0.2) is 11.6 Å². The average molecular weight is 325 g/mol. The third-order valence-electron chi connectivity index (χ3n) is 4.90. The molecule has 5 heteroatoms. The maximum atomic E-state index is 12.8. The van der Waals surface area contributed by atoms with E-state index in [0.29, 0.717) is 25.5 Å². The molecule has 0 spiro atoms. The Morgan fingerprint density at radius 2 is 2.00 bits per heavy atom. The lowest BCUT2D eigenvalue weighted by atomic mass is 9.97. The molecular weight excluding hydrogens is 294 g/mol. The maximum absolute atomic E-state index is 12.8. The molecule has 132 valence electrons. The van der Waals surface area contributed by atoms with E-state index in [1.54, 1.807) is 14.2 Å². The molecule has 5 nitrogen and oxygen atoms in total. The second-order valence-corrected chi connectivity index (χ2v) is 7.33. The number of amides is 1. The summed E-state index contributed by atoms with van der Waals surface area (Å²) in [6.45, 7) is 9.46.